The van der Waals surface area contributed by atoms with Crippen LogP contribution in [-0.2, 0) is 0 Å². The minimum Gasteiger partial charge on any atom is -0.494 e. The fourth-order valence-electron chi connectivity index (χ4n) is 1.98. The van der Waals surface area contributed by atoms with E-state index in [9.17, 15) is 4.79 Å². The number of rotatable bonds is 4. The van der Waals surface area contributed by atoms with E-state index in [2.05, 4.69) is 5.32 Å². The first-order valence-corrected chi connectivity index (χ1v) is 6.50. The van der Waals surface area contributed by atoms with Crippen LogP contribution in [0.1, 0.15) is 22.8 Å². The van der Waals surface area contributed by atoms with Crippen LogP contribution >= 0.6 is 0 Å². The molecule has 4 nitrogen and oxygen atoms in total. The first-order chi connectivity index (χ1) is 9.58. The lowest BCUT2D eigenvalue weighted by atomic mass is 10.1. The monoisotopic (exact) mass is 270 g/mol. The lowest BCUT2D eigenvalue weighted by Gasteiger charge is -2.09. The number of carbonyl (C=O) groups is 1. The SMILES string of the molecule is CCOc1cccc(NC(=O)c2cc(C)cc(N)c2)c1. The molecule has 0 aliphatic carbocycles. The molecule has 2 rings (SSSR count). The lowest BCUT2D eigenvalue weighted by molar-refractivity contribution is 0.102. The van der Waals surface area contributed by atoms with Crippen molar-refractivity contribution in [3.63, 3.8) is 0 Å². The average molecular weight is 270 g/mol. The molecule has 2 aromatic rings. The predicted octanol–water partition coefficient (Wildman–Crippen LogP) is 3.23. The number of hydrogen-bond acceptors (Lipinski definition) is 3. The summed E-state index contributed by atoms with van der Waals surface area (Å²) in [6, 6.07) is 12.6. The van der Waals surface area contributed by atoms with E-state index >= 15 is 0 Å². The van der Waals surface area contributed by atoms with Gasteiger partial charge in [0, 0.05) is 23.0 Å². The third-order valence-corrected chi connectivity index (χ3v) is 2.76. The molecular formula is C16H18N2O2. The second-order valence-electron chi connectivity index (χ2n) is 4.55. The number of benzene rings is 2. The topological polar surface area (TPSA) is 64.3 Å². The molecule has 1 amide bonds. The van der Waals surface area contributed by atoms with E-state index in [-0.39, 0.29) is 5.91 Å². The standard InChI is InChI=1S/C16H18N2O2/c1-3-20-15-6-4-5-14(10-15)18-16(19)12-7-11(2)8-13(17)9-12/h4-10H,3,17H2,1-2H3,(H,18,19). The van der Waals surface area contributed by atoms with Crippen LogP contribution in [0.15, 0.2) is 42.5 Å². The molecule has 0 aromatic heterocycles. The van der Waals surface area contributed by atoms with E-state index in [1.807, 2.05) is 38.1 Å². The van der Waals surface area contributed by atoms with Crippen molar-refractivity contribution in [2.75, 3.05) is 17.7 Å². The average Bonchev–Trinajstić information content (AvgIpc) is 2.38. The highest BCUT2D eigenvalue weighted by Gasteiger charge is 2.08. The quantitative estimate of drug-likeness (QED) is 0.838. The number of anilines is 2. The zero-order valence-corrected chi connectivity index (χ0v) is 11.6. The van der Waals surface area contributed by atoms with Crippen molar-refractivity contribution in [2.45, 2.75) is 13.8 Å². The summed E-state index contributed by atoms with van der Waals surface area (Å²) in [5.41, 5.74) is 8.53. The van der Waals surface area contributed by atoms with Gasteiger partial charge in [0.05, 0.1) is 6.61 Å². The molecule has 0 spiro atoms. The van der Waals surface area contributed by atoms with Crippen LogP contribution in [0, 0.1) is 6.92 Å². The van der Waals surface area contributed by atoms with Crippen molar-refractivity contribution in [3.8, 4) is 5.75 Å². The molecule has 20 heavy (non-hydrogen) atoms. The van der Waals surface area contributed by atoms with Crippen molar-refractivity contribution >= 4 is 17.3 Å². The molecule has 0 saturated carbocycles. The molecule has 3 N–H and O–H groups in total. The Bertz CT molecular complexity index is 603. The van der Waals surface area contributed by atoms with Gasteiger partial charge in [-0.2, -0.15) is 0 Å². The number of nitrogens with one attached hydrogen (secondary N) is 1. The molecule has 0 atom stereocenters. The summed E-state index contributed by atoms with van der Waals surface area (Å²) < 4.78 is 5.40. The van der Waals surface area contributed by atoms with Crippen LogP contribution in [0.2, 0.25) is 0 Å². The van der Waals surface area contributed by atoms with Crippen molar-refractivity contribution < 1.29 is 9.53 Å². The molecular weight excluding hydrogens is 252 g/mol. The molecule has 0 radical (unpaired) electrons. The summed E-state index contributed by atoms with van der Waals surface area (Å²) in [6.07, 6.45) is 0. The van der Waals surface area contributed by atoms with Gasteiger partial charge < -0.3 is 15.8 Å². The number of carbonyl (C=O) groups excluding carboxylic acids is 1. The Hall–Kier alpha value is -2.49. The zero-order chi connectivity index (χ0) is 14.5. The van der Waals surface area contributed by atoms with Gasteiger partial charge in [0.2, 0.25) is 0 Å². The number of aryl methyl sites for hydroxylation is 1. The summed E-state index contributed by atoms with van der Waals surface area (Å²) in [6.45, 7) is 4.41. The van der Waals surface area contributed by atoms with Gasteiger partial charge in [0.25, 0.3) is 5.91 Å². The Morgan fingerprint density at radius 1 is 1.25 bits per heavy atom. The Morgan fingerprint density at radius 3 is 2.75 bits per heavy atom. The van der Waals surface area contributed by atoms with E-state index < -0.39 is 0 Å². The van der Waals surface area contributed by atoms with Gasteiger partial charge >= 0.3 is 0 Å². The number of ether oxygens (including phenoxy) is 1. The van der Waals surface area contributed by atoms with E-state index in [0.29, 0.717) is 23.5 Å². The highest BCUT2D eigenvalue weighted by atomic mass is 16.5. The predicted molar refractivity (Wildman–Crippen MR) is 81.2 cm³/mol. The maximum atomic E-state index is 12.2. The molecule has 0 bridgehead atoms. The second-order valence-corrected chi connectivity index (χ2v) is 4.55. The molecule has 0 unspecified atom stereocenters. The van der Waals surface area contributed by atoms with Crippen LogP contribution in [-0.4, -0.2) is 12.5 Å². The maximum Gasteiger partial charge on any atom is 0.255 e. The maximum absolute atomic E-state index is 12.2. The zero-order valence-electron chi connectivity index (χ0n) is 11.6. The highest BCUT2D eigenvalue weighted by Crippen LogP contribution is 2.19. The second kappa shape index (κ2) is 6.10. The summed E-state index contributed by atoms with van der Waals surface area (Å²) in [7, 11) is 0. The Balaban J connectivity index is 2.16. The summed E-state index contributed by atoms with van der Waals surface area (Å²) in [4.78, 5) is 12.2. The van der Waals surface area contributed by atoms with Crippen molar-refractivity contribution in [1.82, 2.24) is 0 Å². The third-order valence-electron chi connectivity index (χ3n) is 2.76. The van der Waals surface area contributed by atoms with Crippen molar-refractivity contribution in [3.05, 3.63) is 53.6 Å². The minimum absolute atomic E-state index is 0.186. The molecule has 104 valence electrons. The summed E-state index contributed by atoms with van der Waals surface area (Å²) in [5.74, 6) is 0.545. The van der Waals surface area contributed by atoms with Crippen molar-refractivity contribution in [1.29, 1.82) is 0 Å². The fourth-order valence-corrected chi connectivity index (χ4v) is 1.98. The summed E-state index contributed by atoms with van der Waals surface area (Å²) in [5, 5.41) is 2.84. The number of nitrogens with two attached hydrogens (primary N) is 1. The lowest BCUT2D eigenvalue weighted by Crippen LogP contribution is -2.12. The Kier molecular flexibility index (Phi) is 4.25. The van der Waals surface area contributed by atoms with Gasteiger partial charge in [0.1, 0.15) is 5.75 Å². The normalized spacial score (nSPS) is 10.1. The minimum atomic E-state index is -0.186. The van der Waals surface area contributed by atoms with Gasteiger partial charge in [-0.1, -0.05) is 6.07 Å². The Labute approximate surface area is 118 Å². The van der Waals surface area contributed by atoms with Gasteiger partial charge in [-0.3, -0.25) is 4.79 Å². The van der Waals surface area contributed by atoms with E-state index in [0.717, 1.165) is 11.3 Å². The number of hydrogen-bond donors (Lipinski definition) is 2. The van der Waals surface area contributed by atoms with E-state index in [1.165, 1.54) is 0 Å². The smallest absolute Gasteiger partial charge is 0.255 e. The number of amides is 1. The van der Waals surface area contributed by atoms with Gasteiger partial charge in [-0.25, -0.2) is 0 Å². The van der Waals surface area contributed by atoms with Gasteiger partial charge in [-0.05, 0) is 49.7 Å². The van der Waals surface area contributed by atoms with Crippen LogP contribution in [0.4, 0.5) is 11.4 Å². The molecule has 0 aliphatic rings. The van der Waals surface area contributed by atoms with Gasteiger partial charge in [0.15, 0.2) is 0 Å². The van der Waals surface area contributed by atoms with E-state index in [4.69, 9.17) is 10.5 Å². The third kappa shape index (κ3) is 3.51. The number of nitrogen functional groups attached to an aromatic ring is 1. The molecule has 0 aliphatic heterocycles. The van der Waals surface area contributed by atoms with Crippen LogP contribution < -0.4 is 15.8 Å². The molecule has 2 aromatic carbocycles. The molecule has 4 heteroatoms. The fraction of sp³-hybridized carbons (Fsp3) is 0.188. The van der Waals surface area contributed by atoms with Crippen molar-refractivity contribution in [2.24, 2.45) is 0 Å². The first kappa shape index (κ1) is 13.9. The summed E-state index contributed by atoms with van der Waals surface area (Å²) >= 11 is 0. The highest BCUT2D eigenvalue weighted by molar-refractivity contribution is 6.05. The molecule has 0 heterocycles. The molecule has 0 fully saturated rings. The first-order valence-electron chi connectivity index (χ1n) is 6.50. The van der Waals surface area contributed by atoms with Crippen LogP contribution in [0.25, 0.3) is 0 Å². The van der Waals surface area contributed by atoms with E-state index in [1.54, 1.807) is 18.2 Å². The van der Waals surface area contributed by atoms with Gasteiger partial charge in [-0.15, -0.1) is 0 Å². The van der Waals surface area contributed by atoms with Crippen LogP contribution in [0.3, 0.4) is 0 Å². The largest absolute Gasteiger partial charge is 0.494 e. The van der Waals surface area contributed by atoms with Crippen LogP contribution in [0.5, 0.6) is 5.75 Å². The molecule has 0 saturated heterocycles. The Morgan fingerprint density at radius 2 is 2.05 bits per heavy atom.